The predicted octanol–water partition coefficient (Wildman–Crippen LogP) is 12.3. The number of benzene rings is 7. The van der Waals surface area contributed by atoms with Gasteiger partial charge < -0.3 is 14.1 Å². The first-order valence-electron chi connectivity index (χ1n) is 17.4. The second kappa shape index (κ2) is 9.87. The van der Waals surface area contributed by atoms with Gasteiger partial charge in [0.05, 0.1) is 22.2 Å². The van der Waals surface area contributed by atoms with Crippen LogP contribution in [-0.4, -0.2) is 14.1 Å². The summed E-state index contributed by atoms with van der Waals surface area (Å²) in [5.41, 5.74) is 16.1. The van der Waals surface area contributed by atoms with Gasteiger partial charge in [-0.3, -0.25) is 0 Å². The largest absolute Gasteiger partial charge is 0.354 e. The molecule has 3 heterocycles. The minimum Gasteiger partial charge on any atom is -0.354 e. The summed E-state index contributed by atoms with van der Waals surface area (Å²) >= 11 is 0. The summed E-state index contributed by atoms with van der Waals surface area (Å²) in [4.78, 5) is 3.79. The molecule has 50 heavy (non-hydrogen) atoms. The van der Waals surface area contributed by atoms with Crippen molar-refractivity contribution in [2.45, 2.75) is 19.3 Å². The highest BCUT2D eigenvalue weighted by Gasteiger charge is 2.40. The van der Waals surface area contributed by atoms with Crippen LogP contribution in [0, 0.1) is 0 Å². The summed E-state index contributed by atoms with van der Waals surface area (Å²) < 4.78 is 4.86. The van der Waals surface area contributed by atoms with Gasteiger partial charge in [0.1, 0.15) is 0 Å². The van der Waals surface area contributed by atoms with Crippen LogP contribution in [0.5, 0.6) is 0 Å². The third-order valence-electron chi connectivity index (χ3n) is 11.2. The maximum Gasteiger partial charge on any atom is 0.0585 e. The maximum absolute atomic E-state index is 3.79. The van der Waals surface area contributed by atoms with E-state index in [4.69, 9.17) is 0 Å². The van der Waals surface area contributed by atoms with Crippen LogP contribution in [0.2, 0.25) is 0 Å². The van der Waals surface area contributed by atoms with Crippen LogP contribution in [0.15, 0.2) is 158 Å². The van der Waals surface area contributed by atoms with Crippen molar-refractivity contribution < 1.29 is 0 Å². The molecule has 1 aliphatic carbocycles. The molecule has 10 aromatic rings. The average molecular weight is 640 g/mol. The Labute approximate surface area is 289 Å². The van der Waals surface area contributed by atoms with E-state index in [-0.39, 0.29) is 5.41 Å². The molecule has 3 nitrogen and oxygen atoms in total. The predicted molar refractivity (Wildman–Crippen MR) is 210 cm³/mol. The second-order valence-electron chi connectivity index (χ2n) is 14.3. The fraction of sp³-hybridized carbons (Fsp3) is 0.0638. The molecular formula is C47H33N3. The minimum absolute atomic E-state index is 0.122. The number of aromatic amines is 1. The van der Waals surface area contributed by atoms with Gasteiger partial charge in [0, 0.05) is 60.3 Å². The number of aromatic nitrogens is 3. The molecule has 1 N–H and O–H groups in total. The zero-order valence-corrected chi connectivity index (χ0v) is 27.9. The molecule has 0 aliphatic heterocycles. The van der Waals surface area contributed by atoms with Crippen LogP contribution in [0.3, 0.4) is 0 Å². The molecule has 0 amide bonds. The number of rotatable bonds is 3. The number of nitrogens with one attached hydrogen (secondary N) is 1. The van der Waals surface area contributed by atoms with E-state index in [0.29, 0.717) is 0 Å². The molecule has 0 spiro atoms. The van der Waals surface area contributed by atoms with Gasteiger partial charge in [-0.05, 0) is 89.0 Å². The van der Waals surface area contributed by atoms with Crippen LogP contribution >= 0.6 is 0 Å². The summed E-state index contributed by atoms with van der Waals surface area (Å²) in [6.07, 6.45) is 0. The monoisotopic (exact) mass is 639 g/mol. The van der Waals surface area contributed by atoms with Crippen molar-refractivity contribution in [3.8, 4) is 33.8 Å². The molecule has 0 radical (unpaired) electrons. The van der Waals surface area contributed by atoms with Gasteiger partial charge in [-0.15, -0.1) is 0 Å². The Hall–Kier alpha value is -6.32. The van der Waals surface area contributed by atoms with Crippen molar-refractivity contribution in [2.75, 3.05) is 0 Å². The average Bonchev–Trinajstić information content (AvgIpc) is 3.86. The highest BCUT2D eigenvalue weighted by Crippen LogP contribution is 2.54. The lowest BCUT2D eigenvalue weighted by Crippen LogP contribution is -2.14. The van der Waals surface area contributed by atoms with Crippen LogP contribution < -0.4 is 0 Å². The van der Waals surface area contributed by atoms with E-state index in [0.717, 1.165) is 11.0 Å². The number of nitrogens with zero attached hydrogens (tertiary/aromatic N) is 2. The number of fused-ring (bicyclic) bond motifs is 11. The Bertz CT molecular complexity index is 2990. The molecule has 236 valence electrons. The van der Waals surface area contributed by atoms with Gasteiger partial charge in [0.15, 0.2) is 0 Å². The third-order valence-corrected chi connectivity index (χ3v) is 11.2. The molecule has 3 heteroatoms. The van der Waals surface area contributed by atoms with Crippen molar-refractivity contribution in [1.29, 1.82) is 0 Å². The van der Waals surface area contributed by atoms with E-state index in [2.05, 4.69) is 186 Å². The van der Waals surface area contributed by atoms with Crippen molar-refractivity contribution in [3.63, 3.8) is 0 Å². The quantitative estimate of drug-likeness (QED) is 0.199. The standard InChI is InChI=1S/C47H33N3/c1-47(2)39-19-11-9-18-34(39)46-45(47)38-27-36-35-25-29(21-23-40(35)48-41(36)28-44(38)50(46)32-15-7-4-8-16-32)30-22-24-43-37(26-30)33-17-10-12-20-42(33)49(43)31-13-5-3-6-14-31/h3-28,48H,1-2H3. The summed E-state index contributed by atoms with van der Waals surface area (Å²) in [5.74, 6) is 0. The van der Waals surface area contributed by atoms with Gasteiger partial charge in [0.2, 0.25) is 0 Å². The number of H-pyrrole nitrogens is 1. The SMILES string of the molecule is CC1(C)c2ccccc2-c2c1c1cc3c(cc1n2-c1ccccc1)[nH]c1ccc(-c2ccc4c(c2)c2ccccc2n4-c2ccccc2)cc13. The van der Waals surface area contributed by atoms with Crippen molar-refractivity contribution in [2.24, 2.45) is 0 Å². The van der Waals surface area contributed by atoms with Gasteiger partial charge in [-0.1, -0.05) is 105 Å². The zero-order valence-electron chi connectivity index (χ0n) is 27.9. The summed E-state index contributed by atoms with van der Waals surface area (Å²) in [5, 5.41) is 6.36. The lowest BCUT2D eigenvalue weighted by Gasteiger charge is -2.21. The minimum atomic E-state index is -0.122. The Balaban J connectivity index is 1.14. The highest BCUT2D eigenvalue weighted by molar-refractivity contribution is 6.15. The smallest absolute Gasteiger partial charge is 0.0585 e. The van der Waals surface area contributed by atoms with Crippen LogP contribution in [0.4, 0.5) is 0 Å². The molecule has 0 unspecified atom stereocenters. The van der Waals surface area contributed by atoms with E-state index in [1.54, 1.807) is 0 Å². The van der Waals surface area contributed by atoms with Gasteiger partial charge in [0.25, 0.3) is 0 Å². The van der Waals surface area contributed by atoms with Gasteiger partial charge >= 0.3 is 0 Å². The summed E-state index contributed by atoms with van der Waals surface area (Å²) in [7, 11) is 0. The lowest BCUT2D eigenvalue weighted by molar-refractivity contribution is 0.666. The van der Waals surface area contributed by atoms with Crippen molar-refractivity contribution in [1.82, 2.24) is 14.1 Å². The number of hydrogen-bond acceptors (Lipinski definition) is 0. The molecule has 0 atom stereocenters. The Morgan fingerprint density at radius 2 is 1.06 bits per heavy atom. The van der Waals surface area contributed by atoms with E-state index < -0.39 is 0 Å². The molecule has 3 aromatic heterocycles. The molecule has 0 saturated carbocycles. The highest BCUT2D eigenvalue weighted by atomic mass is 15.0. The third kappa shape index (κ3) is 3.64. The first kappa shape index (κ1) is 27.6. The van der Waals surface area contributed by atoms with E-state index in [9.17, 15) is 0 Å². The summed E-state index contributed by atoms with van der Waals surface area (Å²) in [6.45, 7) is 4.77. The molecule has 11 rings (SSSR count). The maximum atomic E-state index is 3.79. The molecule has 0 bridgehead atoms. The zero-order chi connectivity index (χ0) is 33.1. The van der Waals surface area contributed by atoms with Gasteiger partial charge in [-0.25, -0.2) is 0 Å². The second-order valence-corrected chi connectivity index (χ2v) is 14.3. The van der Waals surface area contributed by atoms with Crippen LogP contribution in [-0.2, 0) is 5.41 Å². The van der Waals surface area contributed by atoms with Gasteiger partial charge in [-0.2, -0.15) is 0 Å². The molecule has 7 aromatic carbocycles. The Kier molecular flexibility index (Phi) is 5.45. The number of hydrogen-bond donors (Lipinski definition) is 1. The lowest BCUT2D eigenvalue weighted by atomic mass is 9.81. The normalized spacial score (nSPS) is 13.6. The first-order chi connectivity index (χ1) is 24.6. The molecule has 0 saturated heterocycles. The summed E-state index contributed by atoms with van der Waals surface area (Å²) in [6, 6.07) is 57.9. The topological polar surface area (TPSA) is 25.6 Å². The molecule has 1 aliphatic rings. The Morgan fingerprint density at radius 1 is 0.440 bits per heavy atom. The van der Waals surface area contributed by atoms with Crippen molar-refractivity contribution in [3.05, 3.63) is 169 Å². The first-order valence-corrected chi connectivity index (χ1v) is 17.4. The van der Waals surface area contributed by atoms with Crippen LogP contribution in [0.1, 0.15) is 25.0 Å². The fourth-order valence-electron chi connectivity index (χ4n) is 8.97. The number of para-hydroxylation sites is 3. The fourth-order valence-corrected chi connectivity index (χ4v) is 8.97. The van der Waals surface area contributed by atoms with E-state index in [1.807, 2.05) is 0 Å². The Morgan fingerprint density at radius 3 is 1.86 bits per heavy atom. The van der Waals surface area contributed by atoms with Crippen LogP contribution in [0.25, 0.3) is 88.3 Å². The molecular weight excluding hydrogens is 607 g/mol. The van der Waals surface area contributed by atoms with Crippen molar-refractivity contribution >= 4 is 54.5 Å². The van der Waals surface area contributed by atoms with E-state index >= 15 is 0 Å². The van der Waals surface area contributed by atoms with E-state index in [1.165, 1.54) is 88.4 Å². The molecule has 0 fully saturated rings.